The first-order valence-electron chi connectivity index (χ1n) is 8.05. The fraction of sp³-hybridized carbons (Fsp3) is 0.562. The Morgan fingerprint density at radius 2 is 1.92 bits per heavy atom. The maximum absolute atomic E-state index is 13.0. The number of hydrogen-bond donors (Lipinski definition) is 2. The van der Waals surface area contributed by atoms with Crippen LogP contribution in [0.2, 0.25) is 0 Å². The number of amides is 1. The first-order valence-corrected chi connectivity index (χ1v) is 9.53. The van der Waals surface area contributed by atoms with Gasteiger partial charge in [0.2, 0.25) is 15.9 Å². The van der Waals surface area contributed by atoms with Gasteiger partial charge < -0.3 is 10.6 Å². The van der Waals surface area contributed by atoms with Gasteiger partial charge in [0.05, 0.1) is 10.4 Å². The van der Waals surface area contributed by atoms with E-state index >= 15 is 0 Å². The second kappa shape index (κ2) is 7.00. The molecule has 1 saturated carbocycles. The van der Waals surface area contributed by atoms with Crippen molar-refractivity contribution in [2.45, 2.75) is 49.0 Å². The van der Waals surface area contributed by atoms with Crippen LogP contribution in [-0.2, 0) is 21.2 Å². The van der Waals surface area contributed by atoms with Gasteiger partial charge in [-0.15, -0.1) is 12.4 Å². The summed E-state index contributed by atoms with van der Waals surface area (Å²) in [5.74, 6) is -0.0741. The molecule has 1 aliphatic heterocycles. The molecule has 1 fully saturated rings. The summed E-state index contributed by atoms with van der Waals surface area (Å²) in [5.41, 5.74) is 7.24. The molecule has 0 saturated heterocycles. The lowest BCUT2D eigenvalue weighted by molar-refractivity contribution is -0.124. The van der Waals surface area contributed by atoms with E-state index in [9.17, 15) is 13.2 Å². The third kappa shape index (κ3) is 3.31. The summed E-state index contributed by atoms with van der Waals surface area (Å²) in [7, 11) is -2.15. The molecular weight excluding hydrogens is 350 g/mol. The molecule has 24 heavy (non-hydrogen) atoms. The lowest BCUT2D eigenvalue weighted by atomic mass is 9.81. The molecule has 2 aliphatic rings. The third-order valence-corrected chi connectivity index (χ3v) is 6.36. The van der Waals surface area contributed by atoms with Gasteiger partial charge in [0.25, 0.3) is 0 Å². The Bertz CT molecular complexity index is 730. The summed E-state index contributed by atoms with van der Waals surface area (Å²) in [4.78, 5) is 14.8. The molecule has 1 aliphatic carbocycles. The Kier molecular flexibility index (Phi) is 5.59. The number of hydrogen-bond acceptors (Lipinski definition) is 4. The summed E-state index contributed by atoms with van der Waals surface area (Å²) in [6.07, 6.45) is 5.19. The SMILES string of the molecule is CNS(=O)(=O)c1ccc2c(c1)N(C(=O)C1(N)CCCCC1)CC2.Cl. The lowest BCUT2D eigenvalue weighted by Crippen LogP contribution is -2.56. The van der Waals surface area contributed by atoms with E-state index in [4.69, 9.17) is 5.73 Å². The molecule has 0 spiro atoms. The average molecular weight is 374 g/mol. The fourth-order valence-electron chi connectivity index (χ4n) is 3.52. The van der Waals surface area contributed by atoms with E-state index in [1.165, 1.54) is 7.05 Å². The van der Waals surface area contributed by atoms with Crippen molar-refractivity contribution in [3.63, 3.8) is 0 Å². The molecule has 0 atom stereocenters. The van der Waals surface area contributed by atoms with Gasteiger partial charge in [0.1, 0.15) is 0 Å². The molecule has 3 N–H and O–H groups in total. The minimum atomic E-state index is -3.53. The van der Waals surface area contributed by atoms with E-state index in [1.54, 1.807) is 23.1 Å². The average Bonchev–Trinajstić information content (AvgIpc) is 2.97. The Labute approximate surface area is 149 Å². The lowest BCUT2D eigenvalue weighted by Gasteiger charge is -2.35. The minimum Gasteiger partial charge on any atom is -0.317 e. The Balaban J connectivity index is 0.00000208. The number of anilines is 1. The van der Waals surface area contributed by atoms with E-state index in [2.05, 4.69) is 4.72 Å². The highest BCUT2D eigenvalue weighted by Crippen LogP contribution is 2.35. The molecule has 0 bridgehead atoms. The topological polar surface area (TPSA) is 92.5 Å². The molecule has 0 radical (unpaired) electrons. The number of sulfonamides is 1. The van der Waals surface area contributed by atoms with Gasteiger partial charge in [-0.2, -0.15) is 0 Å². The number of carbonyl (C=O) groups is 1. The highest BCUT2D eigenvalue weighted by atomic mass is 35.5. The number of halogens is 1. The quantitative estimate of drug-likeness (QED) is 0.841. The maximum Gasteiger partial charge on any atom is 0.247 e. The van der Waals surface area contributed by atoms with Crippen molar-refractivity contribution < 1.29 is 13.2 Å². The van der Waals surface area contributed by atoms with Crippen molar-refractivity contribution in [3.8, 4) is 0 Å². The number of nitrogens with two attached hydrogens (primary N) is 1. The first-order chi connectivity index (χ1) is 10.9. The zero-order chi connectivity index (χ0) is 16.7. The highest BCUT2D eigenvalue weighted by Gasteiger charge is 2.40. The highest BCUT2D eigenvalue weighted by molar-refractivity contribution is 7.89. The second-order valence-electron chi connectivity index (χ2n) is 6.42. The molecule has 8 heteroatoms. The van der Waals surface area contributed by atoms with Gasteiger partial charge in [-0.25, -0.2) is 13.1 Å². The zero-order valence-corrected chi connectivity index (χ0v) is 15.4. The first kappa shape index (κ1) is 19.2. The van der Waals surface area contributed by atoms with Crippen LogP contribution < -0.4 is 15.4 Å². The van der Waals surface area contributed by atoms with Crippen LogP contribution in [0.15, 0.2) is 23.1 Å². The Morgan fingerprint density at radius 3 is 2.54 bits per heavy atom. The molecule has 0 aromatic heterocycles. The van der Waals surface area contributed by atoms with Crippen LogP contribution in [0.1, 0.15) is 37.7 Å². The maximum atomic E-state index is 13.0. The summed E-state index contributed by atoms with van der Waals surface area (Å²) in [6.45, 7) is 0.566. The van der Waals surface area contributed by atoms with E-state index in [0.29, 0.717) is 25.1 Å². The van der Waals surface area contributed by atoms with Gasteiger partial charge in [-0.05, 0) is 44.0 Å². The van der Waals surface area contributed by atoms with Gasteiger partial charge in [-0.1, -0.05) is 25.3 Å². The number of fused-ring (bicyclic) bond motifs is 1. The third-order valence-electron chi connectivity index (χ3n) is 4.95. The molecule has 3 rings (SSSR count). The monoisotopic (exact) mass is 373 g/mol. The number of rotatable bonds is 3. The van der Waals surface area contributed by atoms with Crippen LogP contribution in [0.4, 0.5) is 5.69 Å². The van der Waals surface area contributed by atoms with Crippen LogP contribution in [-0.4, -0.2) is 33.5 Å². The van der Waals surface area contributed by atoms with Gasteiger partial charge in [0, 0.05) is 12.2 Å². The summed E-state index contributed by atoms with van der Waals surface area (Å²) < 4.78 is 26.3. The van der Waals surface area contributed by atoms with Crippen molar-refractivity contribution >= 4 is 34.0 Å². The Morgan fingerprint density at radius 1 is 1.25 bits per heavy atom. The van der Waals surface area contributed by atoms with Crippen LogP contribution in [0.3, 0.4) is 0 Å². The second-order valence-corrected chi connectivity index (χ2v) is 8.31. The van der Waals surface area contributed by atoms with Crippen molar-refractivity contribution in [1.82, 2.24) is 4.72 Å². The molecule has 1 aromatic rings. The predicted octanol–water partition coefficient (Wildman–Crippen LogP) is 1.57. The number of nitrogens with one attached hydrogen (secondary N) is 1. The smallest absolute Gasteiger partial charge is 0.247 e. The summed E-state index contributed by atoms with van der Waals surface area (Å²) in [5, 5.41) is 0. The Hall–Kier alpha value is -1.15. The van der Waals surface area contributed by atoms with Crippen LogP contribution in [0.25, 0.3) is 0 Å². The summed E-state index contributed by atoms with van der Waals surface area (Å²) in [6, 6.07) is 4.95. The van der Waals surface area contributed by atoms with E-state index in [-0.39, 0.29) is 23.2 Å². The largest absolute Gasteiger partial charge is 0.317 e. The van der Waals surface area contributed by atoms with Gasteiger partial charge in [-0.3, -0.25) is 4.79 Å². The van der Waals surface area contributed by atoms with Gasteiger partial charge >= 0.3 is 0 Å². The van der Waals surface area contributed by atoms with Crippen molar-refractivity contribution in [2.75, 3.05) is 18.5 Å². The fourth-order valence-corrected chi connectivity index (χ4v) is 4.27. The molecular formula is C16H24ClN3O3S. The van der Waals surface area contributed by atoms with Gasteiger partial charge in [0.15, 0.2) is 0 Å². The van der Waals surface area contributed by atoms with E-state index in [0.717, 1.165) is 31.2 Å². The zero-order valence-electron chi connectivity index (χ0n) is 13.7. The molecule has 0 unspecified atom stereocenters. The molecule has 1 aromatic carbocycles. The predicted molar refractivity (Wildman–Crippen MR) is 96.0 cm³/mol. The van der Waals surface area contributed by atoms with Crippen LogP contribution in [0.5, 0.6) is 0 Å². The normalized spacial score (nSPS) is 19.5. The van der Waals surface area contributed by atoms with Crippen molar-refractivity contribution in [2.24, 2.45) is 5.73 Å². The summed E-state index contributed by atoms with van der Waals surface area (Å²) >= 11 is 0. The number of nitrogens with zero attached hydrogens (tertiary/aromatic N) is 1. The van der Waals surface area contributed by atoms with Crippen LogP contribution in [0, 0.1) is 0 Å². The van der Waals surface area contributed by atoms with Crippen LogP contribution >= 0.6 is 12.4 Å². The minimum absolute atomic E-state index is 0. The standard InChI is InChI=1S/C16H23N3O3S.ClH/c1-18-23(21,22)13-6-5-12-7-10-19(14(12)11-13)15(20)16(17)8-3-2-4-9-16;/h5-6,11,18H,2-4,7-10,17H2,1H3;1H. The molecule has 6 nitrogen and oxygen atoms in total. The molecule has 1 heterocycles. The molecule has 134 valence electrons. The van der Waals surface area contributed by atoms with Crippen molar-refractivity contribution in [1.29, 1.82) is 0 Å². The molecule has 1 amide bonds. The number of carbonyl (C=O) groups excluding carboxylic acids is 1. The van der Waals surface area contributed by atoms with Crippen molar-refractivity contribution in [3.05, 3.63) is 23.8 Å². The van der Waals surface area contributed by atoms with E-state index < -0.39 is 15.6 Å². The van der Waals surface area contributed by atoms with E-state index in [1.807, 2.05) is 0 Å². The number of benzene rings is 1.